The molecule has 1 aromatic rings. The summed E-state index contributed by atoms with van der Waals surface area (Å²) in [6.07, 6.45) is 1.90. The quantitative estimate of drug-likeness (QED) is 0.678. The molecule has 0 saturated heterocycles. The summed E-state index contributed by atoms with van der Waals surface area (Å²) in [6, 6.07) is 2.85. The molecule has 76 valence electrons. The van der Waals surface area contributed by atoms with Crippen LogP contribution >= 0.6 is 0 Å². The van der Waals surface area contributed by atoms with Gasteiger partial charge in [-0.05, 0) is 12.5 Å². The molecule has 0 aliphatic heterocycles. The van der Waals surface area contributed by atoms with Crippen molar-refractivity contribution in [3.05, 3.63) is 28.2 Å². The molecule has 0 radical (unpaired) electrons. The topological polar surface area (TPSA) is 52.0 Å². The highest BCUT2D eigenvalue weighted by atomic mass is 16.1. The molecule has 0 bridgehead atoms. The first kappa shape index (κ1) is 10.6. The first-order valence-electron chi connectivity index (χ1n) is 4.74. The maximum Gasteiger partial charge on any atom is 0.266 e. The molecule has 4 heteroatoms. The number of carbonyl (C=O) groups excluding carboxylic acids is 1. The van der Waals surface area contributed by atoms with Gasteiger partial charge in [0.25, 0.3) is 5.56 Å². The largest absolute Gasteiger partial charge is 0.293 e. The Hall–Kier alpha value is -1.45. The van der Waals surface area contributed by atoms with E-state index in [9.17, 15) is 9.59 Å². The molecule has 1 rings (SSSR count). The fourth-order valence-corrected chi connectivity index (χ4v) is 1.10. The van der Waals surface area contributed by atoms with Crippen molar-refractivity contribution in [1.82, 2.24) is 9.78 Å². The number of unbranched alkanes of at least 4 members (excludes halogenated alkanes) is 1. The van der Waals surface area contributed by atoms with E-state index >= 15 is 0 Å². The second-order valence-electron chi connectivity index (χ2n) is 3.19. The fraction of sp³-hybridized carbons (Fsp3) is 0.500. The van der Waals surface area contributed by atoms with Crippen LogP contribution in [0.2, 0.25) is 0 Å². The van der Waals surface area contributed by atoms with E-state index in [1.54, 1.807) is 0 Å². The molecule has 0 spiro atoms. The third kappa shape index (κ3) is 2.52. The highest BCUT2D eigenvalue weighted by Crippen LogP contribution is 1.94. The van der Waals surface area contributed by atoms with Gasteiger partial charge in [-0.3, -0.25) is 9.59 Å². The first-order chi connectivity index (χ1) is 6.65. The fourth-order valence-electron chi connectivity index (χ4n) is 1.10. The van der Waals surface area contributed by atoms with Crippen molar-refractivity contribution < 1.29 is 4.79 Å². The average Bonchev–Trinajstić information content (AvgIpc) is 2.16. The minimum absolute atomic E-state index is 0.116. The van der Waals surface area contributed by atoms with Crippen LogP contribution in [0.5, 0.6) is 0 Å². The number of nitrogens with zero attached hydrogens (tertiary/aromatic N) is 2. The van der Waals surface area contributed by atoms with Crippen LogP contribution in [-0.2, 0) is 6.54 Å². The third-order valence-electron chi connectivity index (χ3n) is 1.95. The van der Waals surface area contributed by atoms with Crippen molar-refractivity contribution in [3.63, 3.8) is 0 Å². The number of aryl methyl sites for hydroxylation is 1. The molecular weight excluding hydrogens is 180 g/mol. The van der Waals surface area contributed by atoms with Crippen molar-refractivity contribution >= 4 is 5.78 Å². The van der Waals surface area contributed by atoms with Gasteiger partial charge in [-0.1, -0.05) is 13.3 Å². The van der Waals surface area contributed by atoms with Gasteiger partial charge in [-0.25, -0.2) is 4.68 Å². The van der Waals surface area contributed by atoms with Gasteiger partial charge in [0.1, 0.15) is 5.69 Å². The second-order valence-corrected chi connectivity index (χ2v) is 3.19. The van der Waals surface area contributed by atoms with Gasteiger partial charge in [0, 0.05) is 19.5 Å². The van der Waals surface area contributed by atoms with Crippen LogP contribution in [0.4, 0.5) is 0 Å². The minimum atomic E-state index is -0.150. The Morgan fingerprint density at radius 3 is 2.79 bits per heavy atom. The van der Waals surface area contributed by atoms with Gasteiger partial charge in [0.2, 0.25) is 0 Å². The molecule has 1 aromatic heterocycles. The molecule has 0 aliphatic carbocycles. The van der Waals surface area contributed by atoms with Crippen LogP contribution in [-0.4, -0.2) is 15.6 Å². The van der Waals surface area contributed by atoms with E-state index in [2.05, 4.69) is 5.10 Å². The first-order valence-corrected chi connectivity index (χ1v) is 4.74. The predicted octanol–water partition coefficient (Wildman–Crippen LogP) is 1.25. The maximum atomic E-state index is 11.3. The molecule has 14 heavy (non-hydrogen) atoms. The Bertz CT molecular complexity index is 382. The molecular formula is C10H14N2O2. The molecule has 0 unspecified atom stereocenters. The lowest BCUT2D eigenvalue weighted by Crippen LogP contribution is -2.23. The van der Waals surface area contributed by atoms with Crippen molar-refractivity contribution in [3.8, 4) is 0 Å². The number of carbonyl (C=O) groups is 1. The molecule has 0 amide bonds. The molecule has 0 aliphatic rings. The van der Waals surface area contributed by atoms with Gasteiger partial charge < -0.3 is 0 Å². The summed E-state index contributed by atoms with van der Waals surface area (Å²) < 4.78 is 1.35. The molecule has 0 saturated carbocycles. The number of hydrogen-bond acceptors (Lipinski definition) is 3. The van der Waals surface area contributed by atoms with Crippen molar-refractivity contribution in [1.29, 1.82) is 0 Å². The zero-order valence-electron chi connectivity index (χ0n) is 8.49. The summed E-state index contributed by atoms with van der Waals surface area (Å²) in [5, 5.41) is 3.96. The molecule has 4 nitrogen and oxygen atoms in total. The lowest BCUT2D eigenvalue weighted by molar-refractivity contribution is 0.101. The zero-order chi connectivity index (χ0) is 10.6. The normalized spacial score (nSPS) is 10.1. The molecule has 1 heterocycles. The predicted molar refractivity (Wildman–Crippen MR) is 53.4 cm³/mol. The van der Waals surface area contributed by atoms with Gasteiger partial charge >= 0.3 is 0 Å². The van der Waals surface area contributed by atoms with Crippen LogP contribution in [0.15, 0.2) is 16.9 Å². The van der Waals surface area contributed by atoms with Gasteiger partial charge in [0.05, 0.1) is 0 Å². The number of hydrogen-bond donors (Lipinski definition) is 0. The number of ketones is 1. The van der Waals surface area contributed by atoms with Gasteiger partial charge in [0.15, 0.2) is 5.78 Å². The lowest BCUT2D eigenvalue weighted by Gasteiger charge is -2.03. The van der Waals surface area contributed by atoms with Crippen molar-refractivity contribution in [2.24, 2.45) is 0 Å². The number of rotatable bonds is 4. The average molecular weight is 194 g/mol. The van der Waals surface area contributed by atoms with Gasteiger partial charge in [-0.2, -0.15) is 5.10 Å². The molecule has 0 fully saturated rings. The summed E-state index contributed by atoms with van der Waals surface area (Å²) in [4.78, 5) is 22.3. The van der Waals surface area contributed by atoms with Crippen LogP contribution < -0.4 is 5.56 Å². The van der Waals surface area contributed by atoms with Crippen LogP contribution in [0, 0.1) is 0 Å². The molecule has 0 aromatic carbocycles. The summed E-state index contributed by atoms with van der Waals surface area (Å²) in [6.45, 7) is 4.06. The van der Waals surface area contributed by atoms with Gasteiger partial charge in [-0.15, -0.1) is 0 Å². The smallest absolute Gasteiger partial charge is 0.266 e. The highest BCUT2D eigenvalue weighted by Gasteiger charge is 2.03. The molecule has 0 N–H and O–H groups in total. The summed E-state index contributed by atoms with van der Waals surface area (Å²) in [7, 11) is 0. The van der Waals surface area contributed by atoms with Crippen molar-refractivity contribution in [2.45, 2.75) is 33.2 Å². The Morgan fingerprint density at radius 1 is 1.50 bits per heavy atom. The Labute approximate surface area is 82.6 Å². The third-order valence-corrected chi connectivity index (χ3v) is 1.95. The number of aromatic nitrogens is 2. The van der Waals surface area contributed by atoms with Crippen LogP contribution in [0.25, 0.3) is 0 Å². The number of Topliss-reactive ketones (excluding diaryl/α,β-unsaturated/α-hetero) is 1. The molecule has 0 atom stereocenters. The van der Waals surface area contributed by atoms with E-state index in [-0.39, 0.29) is 11.3 Å². The SMILES string of the molecule is CCCCn1nc(C(C)=O)ccc1=O. The maximum absolute atomic E-state index is 11.3. The van der Waals surface area contributed by atoms with E-state index in [0.717, 1.165) is 12.8 Å². The van der Waals surface area contributed by atoms with Crippen LogP contribution in [0.1, 0.15) is 37.2 Å². The van der Waals surface area contributed by atoms with E-state index in [1.165, 1.54) is 23.7 Å². The lowest BCUT2D eigenvalue weighted by atomic mass is 10.3. The second kappa shape index (κ2) is 4.69. The van der Waals surface area contributed by atoms with Crippen LogP contribution in [0.3, 0.4) is 0 Å². The van der Waals surface area contributed by atoms with E-state index in [4.69, 9.17) is 0 Å². The monoisotopic (exact) mass is 194 g/mol. The van der Waals surface area contributed by atoms with Crippen molar-refractivity contribution in [2.75, 3.05) is 0 Å². The Morgan fingerprint density at radius 2 is 2.21 bits per heavy atom. The summed E-state index contributed by atoms with van der Waals surface area (Å²) in [5.41, 5.74) is 0.198. The highest BCUT2D eigenvalue weighted by molar-refractivity contribution is 5.91. The summed E-state index contributed by atoms with van der Waals surface area (Å²) >= 11 is 0. The Kier molecular flexibility index (Phi) is 3.56. The van der Waals surface area contributed by atoms with E-state index < -0.39 is 0 Å². The zero-order valence-corrected chi connectivity index (χ0v) is 8.49. The summed E-state index contributed by atoms with van der Waals surface area (Å²) in [5.74, 6) is -0.116. The van der Waals surface area contributed by atoms with E-state index in [1.807, 2.05) is 6.92 Å². The standard InChI is InChI=1S/C10H14N2O2/c1-3-4-7-12-10(14)6-5-9(11-12)8(2)13/h5-6H,3-4,7H2,1-2H3. The minimum Gasteiger partial charge on any atom is -0.293 e. The van der Waals surface area contributed by atoms with E-state index in [0.29, 0.717) is 12.2 Å². The Balaban J connectivity index is 2.96.